The number of benzene rings is 4. The van der Waals surface area contributed by atoms with E-state index in [-0.39, 0.29) is 25.9 Å². The summed E-state index contributed by atoms with van der Waals surface area (Å²) in [4.78, 5) is 1.88. The van der Waals surface area contributed by atoms with Gasteiger partial charge in [-0.1, -0.05) is 66.5 Å². The number of hydrogen-bond acceptors (Lipinski definition) is 7. The van der Waals surface area contributed by atoms with E-state index in [1.165, 1.54) is 0 Å². The van der Waals surface area contributed by atoms with Gasteiger partial charge in [-0.2, -0.15) is 21.4 Å². The number of nitrogens with zero attached hydrogens (tertiary/aromatic N) is 2. The molecule has 0 spiro atoms. The Morgan fingerprint density at radius 1 is 0.784 bits per heavy atom. The lowest BCUT2D eigenvalue weighted by molar-refractivity contribution is -0.677. The number of aryl methyl sites for hydroxylation is 1. The lowest BCUT2D eigenvalue weighted by Crippen LogP contribution is -2.36. The molecule has 266 valence electrons. The van der Waals surface area contributed by atoms with Crippen molar-refractivity contribution in [3.05, 3.63) is 118 Å². The van der Waals surface area contributed by atoms with Gasteiger partial charge in [-0.15, -0.1) is 0 Å². The molecule has 0 saturated heterocycles. The second kappa shape index (κ2) is 15.2. The van der Waals surface area contributed by atoms with E-state index in [2.05, 4.69) is 0 Å². The Kier molecular flexibility index (Phi) is 10.9. The fourth-order valence-corrected chi connectivity index (χ4v) is 7.13. The summed E-state index contributed by atoms with van der Waals surface area (Å²) in [5, 5.41) is 1.23. The Balaban J connectivity index is 1.39. The Labute approximate surface area is 306 Å². The first-order valence-electron chi connectivity index (χ1n) is 16.2. The van der Waals surface area contributed by atoms with Crippen LogP contribution < -0.4 is 14.2 Å². The van der Waals surface area contributed by atoms with Crippen LogP contribution in [0.4, 0.5) is 5.69 Å². The zero-order valence-electron chi connectivity index (χ0n) is 27.5. The van der Waals surface area contributed by atoms with Gasteiger partial charge in [0.2, 0.25) is 11.5 Å². The van der Waals surface area contributed by atoms with E-state index in [9.17, 15) is 25.9 Å². The number of rotatable bonds is 13. The van der Waals surface area contributed by atoms with Crippen LogP contribution in [0.5, 0.6) is 5.75 Å². The predicted octanol–water partition coefficient (Wildman–Crippen LogP) is 8.45. The molecule has 14 heteroatoms. The molecule has 0 aliphatic carbocycles. The second-order valence-corrected chi connectivity index (χ2v) is 16.1. The van der Waals surface area contributed by atoms with E-state index in [0.717, 1.165) is 39.0 Å². The first kappa shape index (κ1) is 36.6. The van der Waals surface area contributed by atoms with Gasteiger partial charge in [0.25, 0.3) is 25.8 Å². The van der Waals surface area contributed by atoms with Gasteiger partial charge in [-0.25, -0.2) is 0 Å². The number of allylic oxidation sites excluding steroid dienone is 2. The lowest BCUT2D eigenvalue weighted by Gasteiger charge is -2.19. The average Bonchev–Trinajstić information content (AvgIpc) is 3.60. The summed E-state index contributed by atoms with van der Waals surface area (Å²) in [7, 11) is -8.35. The molecule has 0 unspecified atom stereocenters. The maximum absolute atomic E-state index is 11.6. The lowest BCUT2D eigenvalue weighted by atomic mass is 10.0. The van der Waals surface area contributed by atoms with Crippen molar-refractivity contribution in [1.82, 2.24) is 0 Å². The topological polar surface area (TPSA) is 138 Å². The summed E-state index contributed by atoms with van der Waals surface area (Å²) in [5.41, 5.74) is 6.55. The Morgan fingerprint density at radius 2 is 1.35 bits per heavy atom. The largest absolute Gasteiger partial charge is 0.439 e. The molecule has 2 heterocycles. The SMILES string of the molecule is CCC(=Cc1oc2ccc(-c3ccc(Cl)cc3)cc2[n+]1CCCS(=O)(=O)O)C=C1Oc2ccc(-c3ccc(Cl)cc3)cc2N1CCCS(=O)(=O)O. The van der Waals surface area contributed by atoms with Crippen molar-refractivity contribution >= 4 is 66.3 Å². The Bertz CT molecular complexity index is 2350. The number of hydrogen-bond donors (Lipinski definition) is 2. The number of ether oxygens (including phenoxy) is 1. The Morgan fingerprint density at radius 3 is 1.96 bits per heavy atom. The van der Waals surface area contributed by atoms with E-state index in [1.54, 1.807) is 24.3 Å². The minimum atomic E-state index is -4.18. The van der Waals surface area contributed by atoms with Crippen LogP contribution in [0, 0.1) is 0 Å². The third-order valence-electron chi connectivity index (χ3n) is 8.41. The van der Waals surface area contributed by atoms with Crippen LogP contribution in [0.25, 0.3) is 39.4 Å². The molecule has 4 aromatic carbocycles. The fourth-order valence-electron chi connectivity index (χ4n) is 5.90. The van der Waals surface area contributed by atoms with Crippen LogP contribution in [0.2, 0.25) is 10.0 Å². The summed E-state index contributed by atoms with van der Waals surface area (Å²) >= 11 is 12.2. The van der Waals surface area contributed by atoms with Gasteiger partial charge >= 0.3 is 5.89 Å². The zero-order valence-corrected chi connectivity index (χ0v) is 30.6. The maximum Gasteiger partial charge on any atom is 0.374 e. The summed E-state index contributed by atoms with van der Waals surface area (Å²) in [6.45, 7) is 2.46. The summed E-state index contributed by atoms with van der Waals surface area (Å²) in [5.74, 6) is 0.668. The third kappa shape index (κ3) is 9.20. The molecule has 1 aliphatic rings. The highest BCUT2D eigenvalue weighted by molar-refractivity contribution is 7.86. The molecular weight excluding hydrogens is 735 g/mol. The second-order valence-electron chi connectivity index (χ2n) is 12.1. The van der Waals surface area contributed by atoms with Crippen molar-refractivity contribution < 1.29 is 39.7 Å². The quantitative estimate of drug-likeness (QED) is 0.0892. The highest BCUT2D eigenvalue weighted by Crippen LogP contribution is 2.42. The van der Waals surface area contributed by atoms with Crippen molar-refractivity contribution in [3.63, 3.8) is 0 Å². The highest BCUT2D eigenvalue weighted by atomic mass is 35.5. The molecule has 5 aromatic rings. The standard InChI is InChI=1S/C37H34Cl2N2O8S2/c1-2-25(21-36-40(17-3-19-50(42,43)44)32-23-28(9-15-34(32)48-36)26-5-11-30(38)12-6-26)22-37-41(18-4-20-51(45,46)47)33-24-29(10-16-35(33)49-37)27-7-13-31(39)14-8-27/h5-16,21-24H,2-4,17-20H2,1H3,(H-,42,43,44,45,46,47)/p+1. The minimum Gasteiger partial charge on any atom is -0.439 e. The smallest absolute Gasteiger partial charge is 0.374 e. The molecule has 0 bridgehead atoms. The molecule has 1 aliphatic heterocycles. The van der Waals surface area contributed by atoms with Crippen LogP contribution in [0.15, 0.2) is 107 Å². The normalized spacial score (nSPS) is 14.3. The van der Waals surface area contributed by atoms with Gasteiger partial charge in [-0.3, -0.25) is 9.11 Å². The van der Waals surface area contributed by atoms with Crippen molar-refractivity contribution in [2.45, 2.75) is 32.7 Å². The summed E-state index contributed by atoms with van der Waals surface area (Å²) in [6.07, 6.45) is 4.54. The summed E-state index contributed by atoms with van der Waals surface area (Å²) in [6, 6.07) is 26.4. The summed E-state index contributed by atoms with van der Waals surface area (Å²) < 4.78 is 79.7. The molecule has 0 amide bonds. The zero-order chi connectivity index (χ0) is 36.3. The van der Waals surface area contributed by atoms with Crippen LogP contribution >= 0.6 is 23.2 Å². The van der Waals surface area contributed by atoms with Gasteiger partial charge in [0.15, 0.2) is 12.3 Å². The molecule has 0 saturated carbocycles. The number of fused-ring (bicyclic) bond motifs is 2. The van der Waals surface area contributed by atoms with Gasteiger partial charge in [0, 0.05) is 35.2 Å². The third-order valence-corrected chi connectivity index (χ3v) is 10.5. The molecule has 0 fully saturated rings. The van der Waals surface area contributed by atoms with E-state index in [1.807, 2.05) is 89.2 Å². The van der Waals surface area contributed by atoms with Gasteiger partial charge in [0.1, 0.15) is 0 Å². The van der Waals surface area contributed by atoms with Crippen LogP contribution in [-0.4, -0.2) is 44.0 Å². The van der Waals surface area contributed by atoms with Gasteiger partial charge in [-0.05, 0) is 83.1 Å². The first-order chi connectivity index (χ1) is 24.3. The molecule has 2 N–H and O–H groups in total. The molecule has 0 atom stereocenters. The Hall–Kier alpha value is -4.17. The first-order valence-corrected chi connectivity index (χ1v) is 20.1. The maximum atomic E-state index is 11.6. The molecule has 6 rings (SSSR count). The van der Waals surface area contributed by atoms with E-state index < -0.39 is 31.7 Å². The number of aromatic nitrogens is 1. The van der Waals surface area contributed by atoms with Crippen LogP contribution in [0.3, 0.4) is 0 Å². The highest BCUT2D eigenvalue weighted by Gasteiger charge is 2.28. The van der Waals surface area contributed by atoms with E-state index >= 15 is 0 Å². The molecule has 10 nitrogen and oxygen atoms in total. The van der Waals surface area contributed by atoms with Gasteiger partial charge in [0.05, 0.1) is 23.3 Å². The number of anilines is 1. The average molecular weight is 771 g/mol. The van der Waals surface area contributed by atoms with E-state index in [0.29, 0.717) is 39.6 Å². The molecular formula is C37H35Cl2N2O8S2+. The van der Waals surface area contributed by atoms with Crippen molar-refractivity contribution in [2.75, 3.05) is 23.0 Å². The predicted molar refractivity (Wildman–Crippen MR) is 200 cm³/mol. The fraction of sp³-hybridized carbons (Fsp3) is 0.216. The molecule has 51 heavy (non-hydrogen) atoms. The monoisotopic (exact) mass is 769 g/mol. The van der Waals surface area contributed by atoms with Crippen LogP contribution in [-0.2, 0) is 26.8 Å². The van der Waals surface area contributed by atoms with Gasteiger partial charge < -0.3 is 14.1 Å². The van der Waals surface area contributed by atoms with Crippen molar-refractivity contribution in [2.24, 2.45) is 0 Å². The van der Waals surface area contributed by atoms with Crippen LogP contribution in [0.1, 0.15) is 32.1 Å². The molecule has 0 radical (unpaired) electrons. The minimum absolute atomic E-state index is 0.141. The van der Waals surface area contributed by atoms with Crippen molar-refractivity contribution in [1.29, 1.82) is 0 Å². The molecule has 1 aromatic heterocycles. The van der Waals surface area contributed by atoms with Crippen molar-refractivity contribution in [3.8, 4) is 28.0 Å². The van der Waals surface area contributed by atoms with E-state index in [4.69, 9.17) is 32.4 Å². The number of halogens is 2. The number of oxazole rings is 1.